The Morgan fingerprint density at radius 3 is 2.73 bits per heavy atom. The van der Waals surface area contributed by atoms with Gasteiger partial charge < -0.3 is 23.8 Å². The quantitative estimate of drug-likeness (QED) is 0.280. The number of methoxy groups -OCH3 is 2. The van der Waals surface area contributed by atoms with Gasteiger partial charge in [0.15, 0.2) is 0 Å². The summed E-state index contributed by atoms with van der Waals surface area (Å²) < 4.78 is 53.5. The SMILES string of the molecule is COCCOCC[C@@H]1[C@H](C)C/C=C/[C@H](OC)[C@@H]2CC[C@H]2CN2C[C@@]3(CCCc4cc(Cl)ccc43)COc3ccc(cc32)C(=O)NS1(=O)=O. The summed E-state index contributed by atoms with van der Waals surface area (Å²) in [4.78, 5) is 16.1. The number of nitrogens with zero attached hydrogens (tertiary/aromatic N) is 1. The minimum atomic E-state index is -4.05. The van der Waals surface area contributed by atoms with Crippen LogP contribution in [0, 0.1) is 17.8 Å². The van der Waals surface area contributed by atoms with Crippen LogP contribution in [0.25, 0.3) is 0 Å². The first-order valence-corrected chi connectivity index (χ1v) is 19.2. The van der Waals surface area contributed by atoms with Crippen molar-refractivity contribution in [3.63, 3.8) is 0 Å². The highest BCUT2D eigenvalue weighted by Gasteiger charge is 2.44. The molecule has 2 heterocycles. The summed E-state index contributed by atoms with van der Waals surface area (Å²) in [6, 6.07) is 11.5. The molecule has 9 nitrogen and oxygen atoms in total. The molecule has 4 aliphatic rings. The van der Waals surface area contributed by atoms with E-state index in [1.165, 1.54) is 11.1 Å². The topological polar surface area (TPSA) is 103 Å². The van der Waals surface area contributed by atoms with Crippen molar-refractivity contribution in [1.29, 1.82) is 0 Å². The monoisotopic (exact) mass is 700 g/mol. The third kappa shape index (κ3) is 7.43. The van der Waals surface area contributed by atoms with E-state index in [9.17, 15) is 13.2 Å². The van der Waals surface area contributed by atoms with Crippen LogP contribution < -0.4 is 14.4 Å². The van der Waals surface area contributed by atoms with Gasteiger partial charge in [-0.05, 0) is 104 Å². The molecule has 1 amide bonds. The zero-order valence-electron chi connectivity index (χ0n) is 28.3. The molecule has 6 rings (SSSR count). The van der Waals surface area contributed by atoms with Gasteiger partial charge in [-0.25, -0.2) is 13.1 Å². The predicted molar refractivity (Wildman–Crippen MR) is 188 cm³/mol. The van der Waals surface area contributed by atoms with E-state index in [-0.39, 0.29) is 36.0 Å². The first-order chi connectivity index (χ1) is 23.1. The molecule has 0 saturated heterocycles. The number of carbonyl (C=O) groups is 1. The molecule has 2 aromatic carbocycles. The number of benzene rings is 2. The van der Waals surface area contributed by atoms with Crippen LogP contribution in [0.4, 0.5) is 5.69 Å². The molecule has 2 aliphatic carbocycles. The first kappa shape index (κ1) is 35.2. The van der Waals surface area contributed by atoms with Crippen LogP contribution in [0.1, 0.15) is 66.9 Å². The number of hydrogen-bond acceptors (Lipinski definition) is 8. The molecule has 0 unspecified atom stereocenters. The smallest absolute Gasteiger partial charge is 0.264 e. The van der Waals surface area contributed by atoms with Crippen molar-refractivity contribution in [2.45, 2.75) is 68.6 Å². The molecule has 1 spiro atoms. The molecule has 0 aromatic heterocycles. The van der Waals surface area contributed by atoms with Crippen LogP contribution in [-0.4, -0.2) is 79.4 Å². The van der Waals surface area contributed by atoms with E-state index < -0.39 is 21.2 Å². The maximum Gasteiger partial charge on any atom is 0.264 e. The maximum absolute atomic E-state index is 13.8. The highest BCUT2D eigenvalue weighted by Crippen LogP contribution is 2.47. The van der Waals surface area contributed by atoms with Crippen LogP contribution in [0.3, 0.4) is 0 Å². The molecule has 2 aromatic rings. The van der Waals surface area contributed by atoms with Crippen molar-refractivity contribution in [2.24, 2.45) is 17.8 Å². The van der Waals surface area contributed by atoms with E-state index in [1.54, 1.807) is 20.3 Å². The number of sulfonamides is 1. The van der Waals surface area contributed by atoms with Gasteiger partial charge in [0.25, 0.3) is 5.91 Å². The van der Waals surface area contributed by atoms with Gasteiger partial charge >= 0.3 is 0 Å². The lowest BCUT2D eigenvalue weighted by atomic mass is 9.68. The van der Waals surface area contributed by atoms with Crippen LogP contribution >= 0.6 is 11.6 Å². The first-order valence-electron chi connectivity index (χ1n) is 17.3. The Labute approximate surface area is 290 Å². The fourth-order valence-electron chi connectivity index (χ4n) is 8.22. The lowest BCUT2D eigenvalue weighted by Gasteiger charge is -2.46. The van der Waals surface area contributed by atoms with Crippen molar-refractivity contribution in [3.8, 4) is 5.75 Å². The van der Waals surface area contributed by atoms with Gasteiger partial charge in [0, 0.05) is 49.9 Å². The van der Waals surface area contributed by atoms with Crippen LogP contribution in [0.2, 0.25) is 5.02 Å². The molecule has 11 heteroatoms. The van der Waals surface area contributed by atoms with E-state index >= 15 is 0 Å². The zero-order valence-corrected chi connectivity index (χ0v) is 29.9. The molecule has 1 fully saturated rings. The van der Waals surface area contributed by atoms with E-state index in [1.807, 2.05) is 25.1 Å². The second-order valence-electron chi connectivity index (χ2n) is 14.0. The van der Waals surface area contributed by atoms with E-state index in [0.29, 0.717) is 43.8 Å². The number of carbonyl (C=O) groups excluding carboxylic acids is 1. The number of allylic oxidation sites excluding steroid dienone is 1. The van der Waals surface area contributed by atoms with Gasteiger partial charge in [0.05, 0.1) is 36.9 Å². The van der Waals surface area contributed by atoms with Crippen molar-refractivity contribution in [2.75, 3.05) is 58.6 Å². The van der Waals surface area contributed by atoms with E-state index in [4.69, 9.17) is 30.5 Å². The van der Waals surface area contributed by atoms with Crippen molar-refractivity contribution < 1.29 is 32.2 Å². The van der Waals surface area contributed by atoms with Crippen LogP contribution in [0.15, 0.2) is 48.6 Å². The number of halogens is 1. The summed E-state index contributed by atoms with van der Waals surface area (Å²) >= 11 is 6.44. The van der Waals surface area contributed by atoms with Crippen molar-refractivity contribution >= 4 is 33.2 Å². The third-order valence-corrected chi connectivity index (χ3v) is 13.2. The summed E-state index contributed by atoms with van der Waals surface area (Å²) in [7, 11) is -0.701. The average molecular weight is 701 g/mol. The molecule has 6 atom stereocenters. The number of amides is 1. The second-order valence-corrected chi connectivity index (χ2v) is 16.4. The summed E-state index contributed by atoms with van der Waals surface area (Å²) in [5, 5.41) is -0.0927. The largest absolute Gasteiger partial charge is 0.490 e. The molecular weight excluding hydrogens is 652 g/mol. The molecule has 0 radical (unpaired) electrons. The number of aryl methyl sites for hydroxylation is 1. The predicted octanol–water partition coefficient (Wildman–Crippen LogP) is 5.93. The highest BCUT2D eigenvalue weighted by molar-refractivity contribution is 7.90. The number of anilines is 1. The minimum absolute atomic E-state index is 0.0727. The number of fused-ring (bicyclic) bond motifs is 4. The molecular formula is C37H49ClN2O7S. The average Bonchev–Trinajstić information content (AvgIpc) is 3.20. The standard InChI is InChI=1S/C37H49ClN2O7S/c1-25-6-4-8-33(45-3)30-12-9-28(30)22-40-23-37(16-5-7-26-20-29(38)11-13-31(26)37)24-47-34-14-10-27(21-32(34)40)36(41)39-48(42,43)35(25)15-17-46-19-18-44-2/h4,8,10-11,13-14,20-21,25,28,30,33,35H,5-7,9,12,15-19,22-24H2,1-3H3,(H,39,41)/b8-4+/t25-,28+,30-,33+,35-,37+/m1/s1. The molecule has 1 N–H and O–H groups in total. The van der Waals surface area contributed by atoms with Crippen LogP contribution in [-0.2, 0) is 36.1 Å². The Balaban J connectivity index is 1.37. The normalized spacial score (nSPS) is 30.6. The zero-order chi connectivity index (χ0) is 33.9. The van der Waals surface area contributed by atoms with Crippen LogP contribution in [0.5, 0.6) is 5.75 Å². The maximum atomic E-state index is 13.8. The Morgan fingerprint density at radius 2 is 1.96 bits per heavy atom. The molecule has 2 aliphatic heterocycles. The Kier molecular flexibility index (Phi) is 11.1. The summed E-state index contributed by atoms with van der Waals surface area (Å²) in [6.07, 6.45) is 10.0. The van der Waals surface area contributed by atoms with Gasteiger partial charge in [-0.1, -0.05) is 36.7 Å². The second kappa shape index (κ2) is 15.1. The fourth-order valence-corrected chi connectivity index (χ4v) is 10.1. The number of hydrogen-bond donors (Lipinski definition) is 1. The fraction of sp³-hybridized carbons (Fsp3) is 0.595. The molecule has 262 valence electrons. The summed E-state index contributed by atoms with van der Waals surface area (Å²) in [6.45, 7) is 4.96. The Bertz CT molecular complexity index is 1600. The van der Waals surface area contributed by atoms with Gasteiger partial charge in [-0.2, -0.15) is 0 Å². The minimum Gasteiger partial charge on any atom is -0.490 e. The highest BCUT2D eigenvalue weighted by atomic mass is 35.5. The van der Waals surface area contributed by atoms with E-state index in [2.05, 4.69) is 33.9 Å². The number of nitrogens with one attached hydrogen (secondary N) is 1. The molecule has 1 saturated carbocycles. The number of ether oxygens (including phenoxy) is 4. The van der Waals surface area contributed by atoms with Gasteiger partial charge in [-0.3, -0.25) is 4.79 Å². The van der Waals surface area contributed by atoms with Crippen molar-refractivity contribution in [3.05, 3.63) is 70.3 Å². The van der Waals surface area contributed by atoms with Gasteiger partial charge in [0.2, 0.25) is 10.0 Å². The van der Waals surface area contributed by atoms with Gasteiger partial charge in [-0.15, -0.1) is 0 Å². The number of rotatable bonds is 7. The Morgan fingerprint density at radius 1 is 1.10 bits per heavy atom. The third-order valence-electron chi connectivity index (χ3n) is 11.0. The summed E-state index contributed by atoms with van der Waals surface area (Å²) in [5.74, 6) is 0.509. The molecule has 2 bridgehead atoms. The van der Waals surface area contributed by atoms with E-state index in [0.717, 1.165) is 55.9 Å². The van der Waals surface area contributed by atoms with Gasteiger partial charge in [0.1, 0.15) is 5.75 Å². The molecule has 48 heavy (non-hydrogen) atoms. The Hall–Kier alpha value is -2.63. The lowest BCUT2D eigenvalue weighted by Crippen LogP contribution is -2.49. The van der Waals surface area contributed by atoms with Crippen molar-refractivity contribution in [1.82, 2.24) is 4.72 Å². The summed E-state index contributed by atoms with van der Waals surface area (Å²) in [5.41, 5.74) is 3.39. The lowest BCUT2D eigenvalue weighted by molar-refractivity contribution is 0.0131.